The van der Waals surface area contributed by atoms with Gasteiger partial charge in [-0.05, 0) is 30.3 Å². The smallest absolute Gasteiger partial charge is 0.321 e. The maximum atomic E-state index is 14.7. The fourth-order valence-electron chi connectivity index (χ4n) is 3.90. The number of para-hydroxylation sites is 1. The molecule has 3 aromatic rings. The highest BCUT2D eigenvalue weighted by molar-refractivity contribution is 6.20. The molecule has 0 aromatic heterocycles. The Morgan fingerprint density at radius 2 is 1.71 bits per heavy atom. The van der Waals surface area contributed by atoms with Crippen molar-refractivity contribution in [2.24, 2.45) is 4.99 Å². The number of likely N-dealkylation sites (N-methyl/N-ethyl adjacent to an activating group) is 1. The predicted molar refractivity (Wildman–Crippen MR) is 125 cm³/mol. The molecule has 0 fully saturated rings. The predicted octanol–water partition coefficient (Wildman–Crippen LogP) is 3.56. The Kier molecular flexibility index (Phi) is 5.59. The molecule has 2 N–H and O–H groups in total. The summed E-state index contributed by atoms with van der Waals surface area (Å²) in [6, 6.07) is 17.6. The van der Waals surface area contributed by atoms with E-state index in [0.29, 0.717) is 41.7 Å². The van der Waals surface area contributed by atoms with E-state index < -0.39 is 23.9 Å². The van der Waals surface area contributed by atoms with Crippen LogP contribution in [-0.4, -0.2) is 44.1 Å². The summed E-state index contributed by atoms with van der Waals surface area (Å²) in [6.45, 7) is 0.877. The van der Waals surface area contributed by atoms with Gasteiger partial charge >= 0.3 is 6.03 Å². The largest absolute Gasteiger partial charge is 0.486 e. The number of benzodiazepines with no additional fused rings is 1. The number of urea groups is 1. The zero-order chi connectivity index (χ0) is 23.7. The number of carbonyl (C=O) groups excluding carboxylic acids is 2. The first-order chi connectivity index (χ1) is 16.5. The first-order valence-corrected chi connectivity index (χ1v) is 10.7. The molecule has 5 rings (SSSR count). The molecule has 2 heterocycles. The lowest BCUT2D eigenvalue weighted by atomic mass is 10.00. The lowest BCUT2D eigenvalue weighted by Gasteiger charge is -2.21. The molecule has 0 aliphatic carbocycles. The topological polar surface area (TPSA) is 92.3 Å². The van der Waals surface area contributed by atoms with Crippen LogP contribution in [0.5, 0.6) is 11.5 Å². The van der Waals surface area contributed by atoms with Crippen LogP contribution >= 0.6 is 0 Å². The van der Waals surface area contributed by atoms with Crippen molar-refractivity contribution in [3.8, 4) is 11.5 Å². The monoisotopic (exact) mass is 460 g/mol. The van der Waals surface area contributed by atoms with Crippen LogP contribution in [0.2, 0.25) is 0 Å². The van der Waals surface area contributed by atoms with Crippen LogP contribution in [0.25, 0.3) is 0 Å². The molecule has 1 unspecified atom stereocenters. The Morgan fingerprint density at radius 3 is 2.50 bits per heavy atom. The van der Waals surface area contributed by atoms with Gasteiger partial charge in [0.05, 0.1) is 11.4 Å². The molecule has 0 spiro atoms. The van der Waals surface area contributed by atoms with E-state index in [1.165, 1.54) is 11.0 Å². The van der Waals surface area contributed by atoms with E-state index in [4.69, 9.17) is 9.47 Å². The van der Waals surface area contributed by atoms with Crippen molar-refractivity contribution >= 4 is 29.0 Å². The number of halogens is 1. The number of fused-ring (bicyclic) bond motifs is 2. The SMILES string of the molecule is CN1C(=O)C(NC(=O)Nc2ccc3c(c2)OCCO3)N=C(c2ccccc2F)c2ccccc21. The second-order valence-electron chi connectivity index (χ2n) is 7.73. The van der Waals surface area contributed by atoms with Crippen LogP contribution in [0.15, 0.2) is 71.7 Å². The second kappa shape index (κ2) is 8.86. The van der Waals surface area contributed by atoms with Gasteiger partial charge in [0.1, 0.15) is 19.0 Å². The number of nitrogens with one attached hydrogen (secondary N) is 2. The number of hydrogen-bond donors (Lipinski definition) is 2. The maximum absolute atomic E-state index is 14.7. The summed E-state index contributed by atoms with van der Waals surface area (Å²) < 4.78 is 25.7. The van der Waals surface area contributed by atoms with Crippen LogP contribution in [-0.2, 0) is 4.79 Å². The Balaban J connectivity index is 1.46. The summed E-state index contributed by atoms with van der Waals surface area (Å²) in [7, 11) is 1.59. The molecule has 34 heavy (non-hydrogen) atoms. The number of hydrogen-bond acceptors (Lipinski definition) is 5. The van der Waals surface area contributed by atoms with E-state index in [0.717, 1.165) is 0 Å². The Hall–Kier alpha value is -4.40. The number of amides is 3. The first kappa shape index (κ1) is 21.4. The van der Waals surface area contributed by atoms with Crippen molar-refractivity contribution in [3.63, 3.8) is 0 Å². The van der Waals surface area contributed by atoms with E-state index in [-0.39, 0.29) is 11.3 Å². The highest BCUT2D eigenvalue weighted by Gasteiger charge is 2.31. The van der Waals surface area contributed by atoms with Gasteiger partial charge in [0.25, 0.3) is 5.91 Å². The third kappa shape index (κ3) is 4.03. The highest BCUT2D eigenvalue weighted by Crippen LogP contribution is 2.32. The Labute approximate surface area is 195 Å². The van der Waals surface area contributed by atoms with Gasteiger partial charge < -0.3 is 25.0 Å². The zero-order valence-electron chi connectivity index (χ0n) is 18.2. The molecule has 3 amide bonds. The fourth-order valence-corrected chi connectivity index (χ4v) is 3.90. The van der Waals surface area contributed by atoms with Gasteiger partial charge in [0, 0.05) is 29.9 Å². The number of carbonyl (C=O) groups is 2. The third-order valence-corrected chi connectivity index (χ3v) is 5.54. The number of nitrogens with zero attached hydrogens (tertiary/aromatic N) is 2. The molecule has 172 valence electrons. The lowest BCUT2D eigenvalue weighted by molar-refractivity contribution is -0.119. The minimum absolute atomic E-state index is 0.233. The molecule has 3 aromatic carbocycles. The van der Waals surface area contributed by atoms with Gasteiger partial charge in [0.2, 0.25) is 6.17 Å². The summed E-state index contributed by atoms with van der Waals surface area (Å²) in [6.07, 6.45) is -1.27. The van der Waals surface area contributed by atoms with Crippen molar-refractivity contribution in [3.05, 3.63) is 83.7 Å². The summed E-state index contributed by atoms with van der Waals surface area (Å²) in [5.74, 6) is 0.169. The number of rotatable bonds is 3. The quantitative estimate of drug-likeness (QED) is 0.625. The zero-order valence-corrected chi connectivity index (χ0v) is 18.2. The molecule has 2 aliphatic rings. The Bertz CT molecular complexity index is 1310. The third-order valence-electron chi connectivity index (χ3n) is 5.54. The normalized spacial score (nSPS) is 16.8. The van der Waals surface area contributed by atoms with Crippen molar-refractivity contribution in [2.75, 3.05) is 30.5 Å². The van der Waals surface area contributed by atoms with Gasteiger partial charge in [0.15, 0.2) is 11.5 Å². The summed E-state index contributed by atoms with van der Waals surface area (Å²) in [5.41, 5.74) is 2.11. The maximum Gasteiger partial charge on any atom is 0.321 e. The molecular formula is C25H21FN4O4. The average Bonchev–Trinajstić information content (AvgIpc) is 2.95. The van der Waals surface area contributed by atoms with Crippen molar-refractivity contribution < 1.29 is 23.5 Å². The minimum atomic E-state index is -1.27. The summed E-state index contributed by atoms with van der Waals surface area (Å²) in [4.78, 5) is 31.9. The van der Waals surface area contributed by atoms with E-state index in [1.807, 2.05) is 0 Å². The van der Waals surface area contributed by atoms with Crippen LogP contribution in [0.3, 0.4) is 0 Å². The van der Waals surface area contributed by atoms with Gasteiger partial charge in [-0.2, -0.15) is 0 Å². The van der Waals surface area contributed by atoms with Crippen molar-refractivity contribution in [1.82, 2.24) is 5.32 Å². The van der Waals surface area contributed by atoms with E-state index >= 15 is 0 Å². The molecule has 0 bridgehead atoms. The van der Waals surface area contributed by atoms with Crippen LogP contribution in [0.4, 0.5) is 20.6 Å². The standard InChI is InChI=1S/C25H21FN4O4/c1-30-19-9-5-3-7-17(19)22(16-6-2-4-8-18(16)26)28-23(24(30)31)29-25(32)27-15-10-11-20-21(14-15)34-13-12-33-20/h2-11,14,23H,12-13H2,1H3,(H2,27,29,32). The van der Waals surface area contributed by atoms with Gasteiger partial charge in [-0.3, -0.25) is 4.79 Å². The molecule has 0 saturated heterocycles. The Morgan fingerprint density at radius 1 is 1.00 bits per heavy atom. The van der Waals surface area contributed by atoms with E-state index in [9.17, 15) is 14.0 Å². The number of benzene rings is 3. The lowest BCUT2D eigenvalue weighted by Crippen LogP contribution is -2.47. The first-order valence-electron chi connectivity index (χ1n) is 10.7. The van der Waals surface area contributed by atoms with Gasteiger partial charge in [-0.1, -0.05) is 30.3 Å². The highest BCUT2D eigenvalue weighted by atomic mass is 19.1. The number of anilines is 2. The molecule has 2 aliphatic heterocycles. The molecule has 0 radical (unpaired) electrons. The average molecular weight is 460 g/mol. The molecule has 0 saturated carbocycles. The second-order valence-corrected chi connectivity index (χ2v) is 7.73. The van der Waals surface area contributed by atoms with Crippen LogP contribution in [0, 0.1) is 5.82 Å². The number of ether oxygens (including phenoxy) is 2. The van der Waals surface area contributed by atoms with Crippen molar-refractivity contribution in [1.29, 1.82) is 0 Å². The summed E-state index contributed by atoms with van der Waals surface area (Å²) in [5, 5.41) is 5.28. The molecule has 8 nitrogen and oxygen atoms in total. The van der Waals surface area contributed by atoms with E-state index in [1.54, 1.807) is 67.7 Å². The molecular weight excluding hydrogens is 439 g/mol. The molecule has 1 atom stereocenters. The van der Waals surface area contributed by atoms with Crippen molar-refractivity contribution in [2.45, 2.75) is 6.17 Å². The van der Waals surface area contributed by atoms with Crippen LogP contribution < -0.4 is 25.0 Å². The van der Waals surface area contributed by atoms with E-state index in [2.05, 4.69) is 15.6 Å². The molecule has 9 heteroatoms. The fraction of sp³-hybridized carbons (Fsp3) is 0.160. The minimum Gasteiger partial charge on any atom is -0.486 e. The summed E-state index contributed by atoms with van der Waals surface area (Å²) >= 11 is 0. The van der Waals surface area contributed by atoms with Crippen LogP contribution in [0.1, 0.15) is 11.1 Å². The number of aliphatic imine (C=N–C) groups is 1. The van der Waals surface area contributed by atoms with Gasteiger partial charge in [-0.15, -0.1) is 0 Å². The van der Waals surface area contributed by atoms with Gasteiger partial charge in [-0.25, -0.2) is 14.2 Å².